The van der Waals surface area contributed by atoms with Gasteiger partial charge in [-0.1, -0.05) is 32.0 Å². The summed E-state index contributed by atoms with van der Waals surface area (Å²) in [6.45, 7) is 9.26. The Labute approximate surface area is 126 Å². The molecule has 0 unspecified atom stereocenters. The maximum atomic E-state index is 11.1. The summed E-state index contributed by atoms with van der Waals surface area (Å²) in [6.07, 6.45) is 2.39. The molecule has 0 N–H and O–H groups in total. The fourth-order valence-corrected chi connectivity index (χ4v) is 3.16. The van der Waals surface area contributed by atoms with E-state index in [1.165, 1.54) is 12.8 Å². The van der Waals surface area contributed by atoms with E-state index >= 15 is 0 Å². The van der Waals surface area contributed by atoms with E-state index in [0.29, 0.717) is 12.6 Å². The summed E-state index contributed by atoms with van der Waals surface area (Å²) in [4.78, 5) is 15.7. The minimum Gasteiger partial charge on any atom is -0.298 e. The van der Waals surface area contributed by atoms with Gasteiger partial charge in [-0.3, -0.25) is 19.9 Å². The van der Waals surface area contributed by atoms with Crippen LogP contribution in [-0.4, -0.2) is 46.9 Å². The molecule has 1 fully saturated rings. The molecule has 0 amide bonds. The maximum Gasteiger partial charge on any atom is 0.273 e. The Bertz CT molecular complexity index is 466. The van der Waals surface area contributed by atoms with Crippen LogP contribution in [0.2, 0.25) is 0 Å². The minimum atomic E-state index is -0.282. The molecule has 0 atom stereocenters. The molecule has 0 spiro atoms. The molecule has 0 saturated carbocycles. The van der Waals surface area contributed by atoms with Crippen LogP contribution in [0.5, 0.6) is 0 Å². The highest BCUT2D eigenvalue weighted by Gasteiger charge is 2.23. The predicted octanol–water partition coefficient (Wildman–Crippen LogP) is 2.90. The summed E-state index contributed by atoms with van der Waals surface area (Å²) in [6, 6.07) is 7.74. The molecule has 1 saturated heterocycles. The summed E-state index contributed by atoms with van der Waals surface area (Å²) >= 11 is 0. The number of nitro benzene ring substituents is 1. The van der Waals surface area contributed by atoms with Crippen LogP contribution in [0, 0.1) is 10.1 Å². The SMILES string of the molecule is CCC(CC)N1CCN(Cc2ccccc2[N+](=O)[O-])CC1. The number of piperazine rings is 1. The first-order valence-electron chi connectivity index (χ1n) is 7.84. The van der Waals surface area contributed by atoms with Gasteiger partial charge >= 0.3 is 0 Å². The Balaban J connectivity index is 1.94. The molecule has 0 bridgehead atoms. The number of hydrogen-bond donors (Lipinski definition) is 0. The minimum absolute atomic E-state index is 0.236. The van der Waals surface area contributed by atoms with Gasteiger partial charge in [0.1, 0.15) is 0 Å². The quantitative estimate of drug-likeness (QED) is 0.597. The largest absolute Gasteiger partial charge is 0.298 e. The maximum absolute atomic E-state index is 11.1. The molecule has 1 aliphatic heterocycles. The van der Waals surface area contributed by atoms with Crippen LogP contribution < -0.4 is 0 Å². The van der Waals surface area contributed by atoms with Crippen LogP contribution in [-0.2, 0) is 6.54 Å². The molecule has 0 radical (unpaired) electrons. The highest BCUT2D eigenvalue weighted by Crippen LogP contribution is 2.21. The van der Waals surface area contributed by atoms with E-state index in [9.17, 15) is 10.1 Å². The van der Waals surface area contributed by atoms with Crippen LogP contribution in [0.3, 0.4) is 0 Å². The molecule has 1 aliphatic rings. The second kappa shape index (κ2) is 7.52. The van der Waals surface area contributed by atoms with E-state index in [2.05, 4.69) is 23.6 Å². The molecule has 1 aromatic rings. The van der Waals surface area contributed by atoms with Crippen LogP contribution in [0.15, 0.2) is 24.3 Å². The van der Waals surface area contributed by atoms with Gasteiger partial charge in [-0.05, 0) is 12.8 Å². The Morgan fingerprint density at radius 2 is 1.76 bits per heavy atom. The number of hydrogen-bond acceptors (Lipinski definition) is 4. The molecular formula is C16H25N3O2. The van der Waals surface area contributed by atoms with Crippen molar-refractivity contribution in [1.82, 2.24) is 9.80 Å². The molecule has 5 heteroatoms. The fourth-order valence-electron chi connectivity index (χ4n) is 3.16. The zero-order valence-electron chi connectivity index (χ0n) is 13.0. The average molecular weight is 291 g/mol. The number of nitro groups is 1. The van der Waals surface area contributed by atoms with Gasteiger partial charge in [0.15, 0.2) is 0 Å². The van der Waals surface area contributed by atoms with Crippen molar-refractivity contribution in [3.05, 3.63) is 39.9 Å². The zero-order valence-corrected chi connectivity index (χ0v) is 13.0. The summed E-state index contributed by atoms with van der Waals surface area (Å²) in [5.74, 6) is 0. The molecule has 116 valence electrons. The van der Waals surface area contributed by atoms with Crippen molar-refractivity contribution in [3.63, 3.8) is 0 Å². The first kappa shape index (κ1) is 15.9. The lowest BCUT2D eigenvalue weighted by Gasteiger charge is -2.38. The summed E-state index contributed by atoms with van der Waals surface area (Å²) in [5.41, 5.74) is 1.05. The third-order valence-corrected chi connectivity index (χ3v) is 4.45. The summed E-state index contributed by atoms with van der Waals surface area (Å²) in [7, 11) is 0. The Hall–Kier alpha value is -1.46. The topological polar surface area (TPSA) is 49.6 Å². The monoisotopic (exact) mass is 291 g/mol. The second-order valence-electron chi connectivity index (χ2n) is 5.67. The van der Waals surface area contributed by atoms with Gasteiger partial charge in [0, 0.05) is 50.4 Å². The van der Waals surface area contributed by atoms with Gasteiger partial charge in [-0.25, -0.2) is 0 Å². The van der Waals surface area contributed by atoms with E-state index in [4.69, 9.17) is 0 Å². The van der Waals surface area contributed by atoms with Crippen molar-refractivity contribution >= 4 is 5.69 Å². The first-order chi connectivity index (χ1) is 10.2. The normalized spacial score (nSPS) is 17.3. The van der Waals surface area contributed by atoms with Crippen molar-refractivity contribution in [1.29, 1.82) is 0 Å². The molecule has 2 rings (SSSR count). The molecule has 5 nitrogen and oxygen atoms in total. The van der Waals surface area contributed by atoms with Gasteiger partial charge in [0.2, 0.25) is 0 Å². The molecule has 1 heterocycles. The molecule has 1 aromatic carbocycles. The lowest BCUT2D eigenvalue weighted by molar-refractivity contribution is -0.385. The van der Waals surface area contributed by atoms with E-state index in [1.54, 1.807) is 12.1 Å². The molecule has 21 heavy (non-hydrogen) atoms. The Kier molecular flexibility index (Phi) is 5.70. The third-order valence-electron chi connectivity index (χ3n) is 4.45. The first-order valence-corrected chi connectivity index (χ1v) is 7.84. The number of benzene rings is 1. The number of rotatable bonds is 6. The van der Waals surface area contributed by atoms with Crippen LogP contribution in [0.4, 0.5) is 5.69 Å². The van der Waals surface area contributed by atoms with E-state index in [-0.39, 0.29) is 10.6 Å². The van der Waals surface area contributed by atoms with Crippen LogP contribution in [0.25, 0.3) is 0 Å². The van der Waals surface area contributed by atoms with E-state index in [1.807, 2.05) is 12.1 Å². The molecular weight excluding hydrogens is 266 g/mol. The van der Waals surface area contributed by atoms with Gasteiger partial charge in [0.05, 0.1) is 4.92 Å². The fraction of sp³-hybridized carbons (Fsp3) is 0.625. The molecule has 0 aliphatic carbocycles. The lowest BCUT2D eigenvalue weighted by atomic mass is 10.1. The van der Waals surface area contributed by atoms with E-state index < -0.39 is 0 Å². The van der Waals surface area contributed by atoms with Gasteiger partial charge in [-0.2, -0.15) is 0 Å². The van der Waals surface area contributed by atoms with E-state index in [0.717, 1.165) is 31.7 Å². The van der Waals surface area contributed by atoms with Crippen LogP contribution in [0.1, 0.15) is 32.3 Å². The van der Waals surface area contributed by atoms with Crippen molar-refractivity contribution in [3.8, 4) is 0 Å². The number of nitrogens with zero attached hydrogens (tertiary/aromatic N) is 3. The summed E-state index contributed by atoms with van der Waals surface area (Å²) < 4.78 is 0. The smallest absolute Gasteiger partial charge is 0.273 e. The lowest BCUT2D eigenvalue weighted by Crippen LogP contribution is -2.49. The third kappa shape index (κ3) is 4.02. The predicted molar refractivity (Wildman–Crippen MR) is 84.3 cm³/mol. The van der Waals surface area contributed by atoms with Gasteiger partial charge < -0.3 is 0 Å². The standard InChI is InChI=1S/C16H25N3O2/c1-3-15(4-2)18-11-9-17(10-12-18)13-14-7-5-6-8-16(14)19(20)21/h5-8,15H,3-4,9-13H2,1-2H3. The van der Waals surface area contributed by atoms with Crippen molar-refractivity contribution in [2.75, 3.05) is 26.2 Å². The van der Waals surface area contributed by atoms with Gasteiger partial charge in [-0.15, -0.1) is 0 Å². The summed E-state index contributed by atoms with van der Waals surface area (Å²) in [5, 5.41) is 11.1. The zero-order chi connectivity index (χ0) is 15.2. The van der Waals surface area contributed by atoms with Gasteiger partial charge in [0.25, 0.3) is 5.69 Å². The Morgan fingerprint density at radius 1 is 1.14 bits per heavy atom. The second-order valence-corrected chi connectivity index (χ2v) is 5.67. The number of para-hydroxylation sites is 1. The highest BCUT2D eigenvalue weighted by atomic mass is 16.6. The van der Waals surface area contributed by atoms with Crippen molar-refractivity contribution < 1.29 is 4.92 Å². The Morgan fingerprint density at radius 3 is 2.33 bits per heavy atom. The average Bonchev–Trinajstić information content (AvgIpc) is 2.50. The molecule has 0 aromatic heterocycles. The van der Waals surface area contributed by atoms with Crippen molar-refractivity contribution in [2.24, 2.45) is 0 Å². The van der Waals surface area contributed by atoms with Crippen molar-refractivity contribution in [2.45, 2.75) is 39.3 Å². The highest BCUT2D eigenvalue weighted by molar-refractivity contribution is 5.39. The van der Waals surface area contributed by atoms with Crippen LogP contribution >= 0.6 is 0 Å².